The summed E-state index contributed by atoms with van der Waals surface area (Å²) in [6.07, 6.45) is 1.63. The predicted octanol–water partition coefficient (Wildman–Crippen LogP) is 2.09. The molecule has 2 aromatic heterocycles. The zero-order chi connectivity index (χ0) is 14.8. The number of aromatic nitrogens is 3. The summed E-state index contributed by atoms with van der Waals surface area (Å²) in [5, 5.41) is 5.22. The van der Waals surface area contributed by atoms with E-state index in [1.54, 1.807) is 30.3 Å². The fourth-order valence-electron chi connectivity index (χ4n) is 1.81. The fraction of sp³-hybridized carbons (Fsp3) is 0.333. The lowest BCUT2D eigenvalue weighted by molar-refractivity contribution is -0.115. The van der Waals surface area contributed by atoms with Gasteiger partial charge in [0.25, 0.3) is 5.56 Å². The Hall–Kier alpha value is -1.32. The van der Waals surface area contributed by atoms with Gasteiger partial charge in [-0.15, -0.1) is 11.3 Å². The summed E-state index contributed by atoms with van der Waals surface area (Å²) >= 11 is 4.28. The van der Waals surface area contributed by atoms with Crippen LogP contribution in [0.2, 0.25) is 0 Å². The third-order valence-electron chi connectivity index (χ3n) is 2.88. The number of aromatic amines is 1. The minimum Gasteiger partial charge on any atom is -0.301 e. The van der Waals surface area contributed by atoms with E-state index >= 15 is 0 Å². The van der Waals surface area contributed by atoms with Gasteiger partial charge in [0, 0.05) is 28.6 Å². The first-order valence-electron chi connectivity index (χ1n) is 6.20. The summed E-state index contributed by atoms with van der Waals surface area (Å²) in [4.78, 5) is 35.1. The second-order valence-corrected chi connectivity index (χ2v) is 7.59. The number of carbonyl (C=O) groups excluding carboxylic acids is 1. The van der Waals surface area contributed by atoms with Crippen LogP contribution < -0.4 is 10.9 Å². The van der Waals surface area contributed by atoms with Crippen molar-refractivity contribution >= 4 is 45.9 Å². The average Bonchev–Trinajstić information content (AvgIpc) is 3.09. The molecule has 21 heavy (non-hydrogen) atoms. The van der Waals surface area contributed by atoms with Crippen LogP contribution >= 0.6 is 34.9 Å². The smallest absolute Gasteiger partial charge is 0.255 e. The van der Waals surface area contributed by atoms with Crippen LogP contribution in [-0.2, 0) is 16.3 Å². The number of thiazole rings is 1. The van der Waals surface area contributed by atoms with Gasteiger partial charge in [-0.3, -0.25) is 9.59 Å². The summed E-state index contributed by atoms with van der Waals surface area (Å²) < 4.78 is 0. The molecule has 110 valence electrons. The first-order valence-corrected chi connectivity index (χ1v) is 9.11. The van der Waals surface area contributed by atoms with Crippen molar-refractivity contribution in [3.8, 4) is 0 Å². The monoisotopic (exact) mass is 340 g/mol. The maximum atomic E-state index is 12.0. The highest BCUT2D eigenvalue weighted by Crippen LogP contribution is 2.28. The number of H-pyrrole nitrogens is 1. The molecule has 1 amide bonds. The van der Waals surface area contributed by atoms with E-state index in [0.29, 0.717) is 16.0 Å². The summed E-state index contributed by atoms with van der Waals surface area (Å²) in [5.41, 5.74) is 1.49. The van der Waals surface area contributed by atoms with Gasteiger partial charge in [0.15, 0.2) is 10.3 Å². The van der Waals surface area contributed by atoms with Crippen LogP contribution in [0.4, 0.5) is 5.13 Å². The van der Waals surface area contributed by atoms with E-state index in [1.165, 1.54) is 23.1 Å². The Morgan fingerprint density at radius 1 is 1.52 bits per heavy atom. The number of anilines is 1. The van der Waals surface area contributed by atoms with Gasteiger partial charge in [0.1, 0.15) is 0 Å². The van der Waals surface area contributed by atoms with Crippen molar-refractivity contribution in [2.75, 3.05) is 5.32 Å². The van der Waals surface area contributed by atoms with Crippen molar-refractivity contribution in [1.82, 2.24) is 15.0 Å². The SMILES string of the molecule is CC(Sc1nc2c(c(=O)[nH]1)CSC2)C(=O)Nc1nccs1. The standard InChI is InChI=1S/C12H12N4O2S3/c1-6(9(17)15-11-13-2-3-20-11)21-12-14-8-5-19-4-7(8)10(18)16-12/h2-3,6H,4-5H2,1H3,(H,13,15,17)(H,14,16,18). The Balaban J connectivity index is 1.70. The van der Waals surface area contributed by atoms with Crippen molar-refractivity contribution in [2.45, 2.75) is 28.8 Å². The van der Waals surface area contributed by atoms with Crippen molar-refractivity contribution in [3.63, 3.8) is 0 Å². The number of thioether (sulfide) groups is 2. The molecule has 1 unspecified atom stereocenters. The normalized spacial score (nSPS) is 14.7. The zero-order valence-electron chi connectivity index (χ0n) is 11.1. The molecular formula is C12H12N4O2S3. The van der Waals surface area contributed by atoms with E-state index in [4.69, 9.17) is 0 Å². The first-order chi connectivity index (χ1) is 10.1. The molecule has 1 aliphatic rings. The number of hydrogen-bond acceptors (Lipinski definition) is 7. The minimum absolute atomic E-state index is 0.0972. The number of amides is 1. The Morgan fingerprint density at radius 2 is 2.38 bits per heavy atom. The molecule has 3 rings (SSSR count). The van der Waals surface area contributed by atoms with Gasteiger partial charge in [-0.05, 0) is 6.92 Å². The average molecular weight is 340 g/mol. The van der Waals surface area contributed by atoms with E-state index in [1.807, 2.05) is 0 Å². The topological polar surface area (TPSA) is 87.7 Å². The van der Waals surface area contributed by atoms with Gasteiger partial charge in [-0.25, -0.2) is 9.97 Å². The summed E-state index contributed by atoms with van der Waals surface area (Å²) in [6, 6.07) is 0. The van der Waals surface area contributed by atoms with Gasteiger partial charge in [0.05, 0.1) is 10.9 Å². The third-order valence-corrected chi connectivity index (χ3v) is 5.53. The van der Waals surface area contributed by atoms with Crippen LogP contribution in [0.15, 0.2) is 21.5 Å². The van der Waals surface area contributed by atoms with Gasteiger partial charge in [-0.1, -0.05) is 11.8 Å². The molecule has 9 heteroatoms. The number of nitrogens with zero attached hydrogens (tertiary/aromatic N) is 2. The lowest BCUT2D eigenvalue weighted by Gasteiger charge is -2.10. The molecule has 0 spiro atoms. The molecule has 2 N–H and O–H groups in total. The molecule has 0 saturated heterocycles. The van der Waals surface area contributed by atoms with Crippen LogP contribution in [0.25, 0.3) is 0 Å². The number of fused-ring (bicyclic) bond motifs is 1. The molecule has 1 aliphatic heterocycles. The highest BCUT2D eigenvalue weighted by molar-refractivity contribution is 8.00. The van der Waals surface area contributed by atoms with Gasteiger partial charge >= 0.3 is 0 Å². The lowest BCUT2D eigenvalue weighted by Crippen LogP contribution is -2.23. The van der Waals surface area contributed by atoms with Crippen molar-refractivity contribution in [2.24, 2.45) is 0 Å². The van der Waals surface area contributed by atoms with Crippen LogP contribution in [-0.4, -0.2) is 26.1 Å². The maximum absolute atomic E-state index is 12.0. The molecule has 0 aromatic carbocycles. The van der Waals surface area contributed by atoms with Gasteiger partial charge in [0.2, 0.25) is 5.91 Å². The van der Waals surface area contributed by atoms with Crippen LogP contribution in [0, 0.1) is 0 Å². The fourth-order valence-corrected chi connectivity index (χ4v) is 4.19. The Kier molecular flexibility index (Phi) is 4.32. The molecule has 6 nitrogen and oxygen atoms in total. The minimum atomic E-state index is -0.371. The van der Waals surface area contributed by atoms with E-state index in [9.17, 15) is 9.59 Å². The summed E-state index contributed by atoms with van der Waals surface area (Å²) in [6.45, 7) is 1.77. The van der Waals surface area contributed by atoms with E-state index in [-0.39, 0.29) is 16.7 Å². The molecule has 0 aliphatic carbocycles. The van der Waals surface area contributed by atoms with E-state index in [2.05, 4.69) is 20.3 Å². The predicted molar refractivity (Wildman–Crippen MR) is 85.9 cm³/mol. The van der Waals surface area contributed by atoms with Gasteiger partial charge < -0.3 is 10.3 Å². The second-order valence-electron chi connectivity index (χ2n) is 4.38. The maximum Gasteiger partial charge on any atom is 0.255 e. The molecule has 0 bridgehead atoms. The molecule has 3 heterocycles. The highest BCUT2D eigenvalue weighted by Gasteiger charge is 2.21. The number of carbonyl (C=O) groups is 1. The molecule has 0 radical (unpaired) electrons. The number of nitrogens with one attached hydrogen (secondary N) is 2. The Labute approximate surface area is 133 Å². The van der Waals surface area contributed by atoms with E-state index in [0.717, 1.165) is 17.0 Å². The third kappa shape index (κ3) is 3.30. The quantitative estimate of drug-likeness (QED) is 0.654. The van der Waals surface area contributed by atoms with Crippen molar-refractivity contribution < 1.29 is 4.79 Å². The molecule has 0 saturated carbocycles. The van der Waals surface area contributed by atoms with Crippen LogP contribution in [0.5, 0.6) is 0 Å². The molecule has 0 fully saturated rings. The Bertz CT molecular complexity index is 714. The van der Waals surface area contributed by atoms with E-state index < -0.39 is 0 Å². The largest absolute Gasteiger partial charge is 0.301 e. The first kappa shape index (κ1) is 14.6. The lowest BCUT2D eigenvalue weighted by atomic mass is 10.3. The summed E-state index contributed by atoms with van der Waals surface area (Å²) in [5.74, 6) is 1.31. The van der Waals surface area contributed by atoms with Crippen LogP contribution in [0.1, 0.15) is 18.2 Å². The summed E-state index contributed by atoms with van der Waals surface area (Å²) in [7, 11) is 0. The molecule has 2 aromatic rings. The molecule has 1 atom stereocenters. The Morgan fingerprint density at radius 3 is 3.14 bits per heavy atom. The van der Waals surface area contributed by atoms with Crippen molar-refractivity contribution in [1.29, 1.82) is 0 Å². The van der Waals surface area contributed by atoms with Crippen LogP contribution in [0.3, 0.4) is 0 Å². The highest BCUT2D eigenvalue weighted by atomic mass is 32.2. The zero-order valence-corrected chi connectivity index (χ0v) is 13.5. The second kappa shape index (κ2) is 6.20. The van der Waals surface area contributed by atoms with Crippen molar-refractivity contribution in [3.05, 3.63) is 33.2 Å². The number of hydrogen-bond donors (Lipinski definition) is 2. The molecular weight excluding hydrogens is 328 g/mol. The van der Waals surface area contributed by atoms with Gasteiger partial charge in [-0.2, -0.15) is 11.8 Å². The number of rotatable bonds is 4.